The van der Waals surface area contributed by atoms with Crippen LogP contribution < -0.4 is 11.1 Å². The Balaban J connectivity index is 2.33. The van der Waals surface area contributed by atoms with E-state index in [1.807, 2.05) is 0 Å². The van der Waals surface area contributed by atoms with Crippen LogP contribution in [0.25, 0.3) is 0 Å². The fourth-order valence-electron chi connectivity index (χ4n) is 1.61. The van der Waals surface area contributed by atoms with Crippen molar-refractivity contribution >= 4 is 28.9 Å². The molecule has 0 spiro atoms. The summed E-state index contributed by atoms with van der Waals surface area (Å²) in [5.74, 6) is -2.48. The maximum absolute atomic E-state index is 13.6. The predicted molar refractivity (Wildman–Crippen MR) is 72.7 cm³/mol. The van der Waals surface area contributed by atoms with Crippen LogP contribution >= 0.6 is 11.6 Å². The highest BCUT2D eigenvalue weighted by Gasteiger charge is 2.16. The number of anilines is 2. The van der Waals surface area contributed by atoms with Crippen LogP contribution in [0, 0.1) is 18.6 Å². The molecule has 2 aromatic rings. The number of rotatable bonds is 2. The first-order chi connectivity index (χ1) is 9.38. The quantitative estimate of drug-likeness (QED) is 0.894. The summed E-state index contributed by atoms with van der Waals surface area (Å²) >= 11 is 5.69. The number of nitrogens with two attached hydrogens (primary N) is 1. The van der Waals surface area contributed by atoms with Crippen LogP contribution in [-0.4, -0.2) is 10.9 Å². The fourth-order valence-corrected chi connectivity index (χ4v) is 1.85. The van der Waals surface area contributed by atoms with Crippen molar-refractivity contribution in [2.45, 2.75) is 6.92 Å². The molecule has 0 unspecified atom stereocenters. The van der Waals surface area contributed by atoms with E-state index in [9.17, 15) is 13.6 Å². The molecule has 4 nitrogen and oxygen atoms in total. The number of nitrogens with one attached hydrogen (secondary N) is 1. The molecular formula is C13H10ClF2N3O. The van der Waals surface area contributed by atoms with Crippen LogP contribution in [0.4, 0.5) is 20.2 Å². The number of carbonyl (C=O) groups is 1. The number of pyridine rings is 1. The summed E-state index contributed by atoms with van der Waals surface area (Å²) in [6.45, 7) is 1.72. The van der Waals surface area contributed by atoms with E-state index in [4.69, 9.17) is 17.3 Å². The van der Waals surface area contributed by atoms with Crippen molar-refractivity contribution in [2.75, 3.05) is 11.1 Å². The smallest absolute Gasteiger partial charge is 0.259 e. The van der Waals surface area contributed by atoms with Gasteiger partial charge in [-0.05, 0) is 19.1 Å². The Morgan fingerprint density at radius 2 is 2.05 bits per heavy atom. The largest absolute Gasteiger partial charge is 0.398 e. The monoisotopic (exact) mass is 297 g/mol. The first kappa shape index (κ1) is 14.2. The van der Waals surface area contributed by atoms with Crippen LogP contribution in [0.15, 0.2) is 24.4 Å². The van der Waals surface area contributed by atoms with Crippen molar-refractivity contribution in [3.63, 3.8) is 0 Å². The van der Waals surface area contributed by atoms with E-state index in [-0.39, 0.29) is 22.0 Å². The van der Waals surface area contributed by atoms with E-state index in [2.05, 4.69) is 10.3 Å². The minimum Gasteiger partial charge on any atom is -0.398 e. The van der Waals surface area contributed by atoms with E-state index in [0.717, 1.165) is 6.07 Å². The number of halogens is 3. The van der Waals surface area contributed by atoms with Crippen molar-refractivity contribution < 1.29 is 13.6 Å². The zero-order chi connectivity index (χ0) is 14.9. The molecule has 1 amide bonds. The minimum absolute atomic E-state index is 0.0791. The molecule has 20 heavy (non-hydrogen) atoms. The van der Waals surface area contributed by atoms with Gasteiger partial charge in [-0.2, -0.15) is 0 Å². The molecule has 0 fully saturated rings. The van der Waals surface area contributed by atoms with Gasteiger partial charge in [-0.1, -0.05) is 11.6 Å². The van der Waals surface area contributed by atoms with Gasteiger partial charge in [0.2, 0.25) is 0 Å². The second kappa shape index (κ2) is 5.42. The number of aromatic nitrogens is 1. The molecule has 0 aliphatic heterocycles. The summed E-state index contributed by atoms with van der Waals surface area (Å²) in [6.07, 6.45) is 1.27. The Kier molecular flexibility index (Phi) is 3.85. The van der Waals surface area contributed by atoms with Crippen LogP contribution in [0.5, 0.6) is 0 Å². The normalized spacial score (nSPS) is 10.4. The summed E-state index contributed by atoms with van der Waals surface area (Å²) in [6, 6.07) is 3.03. The van der Waals surface area contributed by atoms with E-state index >= 15 is 0 Å². The molecule has 0 radical (unpaired) electrons. The van der Waals surface area contributed by atoms with E-state index in [1.165, 1.54) is 12.3 Å². The highest BCUT2D eigenvalue weighted by Crippen LogP contribution is 2.27. The average molecular weight is 298 g/mol. The molecule has 0 saturated carbocycles. The maximum Gasteiger partial charge on any atom is 0.259 e. The number of aryl methyl sites for hydroxylation is 1. The Labute approximate surface area is 118 Å². The van der Waals surface area contributed by atoms with Gasteiger partial charge in [0.1, 0.15) is 5.82 Å². The van der Waals surface area contributed by atoms with Crippen molar-refractivity contribution in [3.05, 3.63) is 52.3 Å². The van der Waals surface area contributed by atoms with Crippen LogP contribution in [0.1, 0.15) is 16.1 Å². The molecule has 1 heterocycles. The van der Waals surface area contributed by atoms with Crippen molar-refractivity contribution in [3.8, 4) is 0 Å². The number of amides is 1. The van der Waals surface area contributed by atoms with Gasteiger partial charge >= 0.3 is 0 Å². The third-order valence-electron chi connectivity index (χ3n) is 2.56. The molecule has 0 saturated heterocycles. The molecule has 7 heteroatoms. The van der Waals surface area contributed by atoms with Crippen molar-refractivity contribution in [2.24, 2.45) is 0 Å². The van der Waals surface area contributed by atoms with Crippen LogP contribution in [0.2, 0.25) is 5.02 Å². The Hall–Kier alpha value is -2.21. The SMILES string of the molecule is Cc1cc(N)c(C(=O)Nc2c(F)cc(F)cc2Cl)cn1. The lowest BCUT2D eigenvalue weighted by Crippen LogP contribution is -2.16. The van der Waals surface area contributed by atoms with E-state index in [0.29, 0.717) is 11.8 Å². The fraction of sp³-hybridized carbons (Fsp3) is 0.0769. The van der Waals surface area contributed by atoms with Gasteiger partial charge in [0.25, 0.3) is 5.91 Å². The molecular weight excluding hydrogens is 288 g/mol. The van der Waals surface area contributed by atoms with Gasteiger partial charge < -0.3 is 11.1 Å². The molecule has 1 aromatic heterocycles. The summed E-state index contributed by atoms with van der Waals surface area (Å²) in [5, 5.41) is 2.01. The standard InChI is InChI=1S/C13H10ClF2N3O/c1-6-2-11(17)8(5-18-6)13(20)19-12-9(14)3-7(15)4-10(12)16/h2-5H,1H3,(H2,17,18)(H,19,20). The van der Waals surface area contributed by atoms with Gasteiger partial charge in [-0.25, -0.2) is 8.78 Å². The third-order valence-corrected chi connectivity index (χ3v) is 2.86. The number of nitrogen functional groups attached to an aromatic ring is 1. The zero-order valence-electron chi connectivity index (χ0n) is 10.4. The second-order valence-electron chi connectivity index (χ2n) is 4.11. The highest BCUT2D eigenvalue weighted by atomic mass is 35.5. The topological polar surface area (TPSA) is 68.0 Å². The van der Waals surface area contributed by atoms with Gasteiger partial charge in [-0.15, -0.1) is 0 Å². The lowest BCUT2D eigenvalue weighted by Gasteiger charge is -2.10. The number of carbonyl (C=O) groups excluding carboxylic acids is 1. The second-order valence-corrected chi connectivity index (χ2v) is 4.52. The van der Waals surface area contributed by atoms with Gasteiger partial charge in [0.05, 0.1) is 16.3 Å². The molecule has 3 N–H and O–H groups in total. The molecule has 2 rings (SSSR count). The highest BCUT2D eigenvalue weighted by molar-refractivity contribution is 6.34. The Morgan fingerprint density at radius 3 is 2.65 bits per heavy atom. The number of nitrogens with zero attached hydrogens (tertiary/aromatic N) is 1. The minimum atomic E-state index is -0.970. The average Bonchev–Trinajstić information content (AvgIpc) is 2.33. The third kappa shape index (κ3) is 2.85. The van der Waals surface area contributed by atoms with E-state index in [1.54, 1.807) is 6.92 Å². The Bertz CT molecular complexity index is 668. The predicted octanol–water partition coefficient (Wildman–Crippen LogP) is 3.16. The molecule has 0 aliphatic carbocycles. The van der Waals surface area contributed by atoms with E-state index < -0.39 is 17.5 Å². The van der Waals surface area contributed by atoms with Gasteiger partial charge in [-0.3, -0.25) is 9.78 Å². The maximum atomic E-state index is 13.6. The summed E-state index contributed by atoms with van der Waals surface area (Å²) in [7, 11) is 0. The van der Waals surface area contributed by atoms with Crippen LogP contribution in [-0.2, 0) is 0 Å². The first-order valence-corrected chi connectivity index (χ1v) is 5.94. The molecule has 104 valence electrons. The summed E-state index contributed by atoms with van der Waals surface area (Å²) in [4.78, 5) is 15.9. The van der Waals surface area contributed by atoms with Crippen molar-refractivity contribution in [1.29, 1.82) is 0 Å². The van der Waals surface area contributed by atoms with Gasteiger partial charge in [0, 0.05) is 23.6 Å². The van der Waals surface area contributed by atoms with Crippen LogP contribution in [0.3, 0.4) is 0 Å². The molecule has 0 bridgehead atoms. The number of hydrogen-bond acceptors (Lipinski definition) is 3. The lowest BCUT2D eigenvalue weighted by atomic mass is 10.2. The summed E-state index contributed by atoms with van der Waals surface area (Å²) < 4.78 is 26.5. The van der Waals surface area contributed by atoms with Gasteiger partial charge in [0.15, 0.2) is 5.82 Å². The van der Waals surface area contributed by atoms with Crippen molar-refractivity contribution in [1.82, 2.24) is 4.98 Å². The lowest BCUT2D eigenvalue weighted by molar-refractivity contribution is 0.102. The molecule has 0 atom stereocenters. The first-order valence-electron chi connectivity index (χ1n) is 5.56. The molecule has 1 aromatic carbocycles. The molecule has 0 aliphatic rings. The number of benzene rings is 1. The Morgan fingerprint density at radius 1 is 1.35 bits per heavy atom. The number of hydrogen-bond donors (Lipinski definition) is 2. The zero-order valence-corrected chi connectivity index (χ0v) is 11.1. The summed E-state index contributed by atoms with van der Waals surface area (Å²) in [5.41, 5.74) is 6.31.